The molecule has 0 atom stereocenters. The maximum Gasteiger partial charge on any atom is 0.0538 e. The SMILES string of the molecule is NN=Cc1ccc2[nH]c3ccc4ccc5ccccc5c4c3c2c1. The van der Waals surface area contributed by atoms with E-state index in [9.17, 15) is 0 Å². The average Bonchev–Trinajstić information content (AvgIpc) is 3.00. The van der Waals surface area contributed by atoms with Crippen molar-refractivity contribution in [1.29, 1.82) is 0 Å². The van der Waals surface area contributed by atoms with Crippen molar-refractivity contribution in [3.8, 4) is 0 Å². The summed E-state index contributed by atoms with van der Waals surface area (Å²) in [5, 5.41) is 11.2. The highest BCUT2D eigenvalue weighted by molar-refractivity contribution is 6.27. The maximum atomic E-state index is 5.32. The number of fused-ring (bicyclic) bond motifs is 7. The number of aromatic amines is 1. The first-order valence-electron chi connectivity index (χ1n) is 7.94. The van der Waals surface area contributed by atoms with E-state index in [-0.39, 0.29) is 0 Å². The lowest BCUT2D eigenvalue weighted by molar-refractivity contribution is 1.26. The summed E-state index contributed by atoms with van der Waals surface area (Å²) in [5.41, 5.74) is 3.28. The molecule has 0 saturated heterocycles. The van der Waals surface area contributed by atoms with Gasteiger partial charge >= 0.3 is 0 Å². The third-order valence-electron chi connectivity index (χ3n) is 4.72. The molecule has 0 radical (unpaired) electrons. The van der Waals surface area contributed by atoms with Gasteiger partial charge in [0.15, 0.2) is 0 Å². The summed E-state index contributed by atoms with van der Waals surface area (Å²) in [4.78, 5) is 3.53. The zero-order chi connectivity index (χ0) is 16.1. The Balaban J connectivity index is 2.06. The number of hydrogen-bond donors (Lipinski definition) is 2. The van der Waals surface area contributed by atoms with E-state index in [0.29, 0.717) is 0 Å². The Labute approximate surface area is 138 Å². The standard InChI is InChI=1S/C21H15N3/c22-23-12-13-5-9-18-17(11-13)21-19(24-18)10-8-15-7-6-14-3-1-2-4-16(14)20(15)21/h1-12,24H,22H2. The van der Waals surface area contributed by atoms with Crippen LogP contribution in [0.3, 0.4) is 0 Å². The van der Waals surface area contributed by atoms with Crippen LogP contribution >= 0.6 is 0 Å². The van der Waals surface area contributed by atoms with Crippen LogP contribution in [0, 0.1) is 0 Å². The lowest BCUT2D eigenvalue weighted by atomic mass is 9.97. The Bertz CT molecular complexity index is 1260. The molecule has 114 valence electrons. The van der Waals surface area contributed by atoms with Gasteiger partial charge in [-0.05, 0) is 45.3 Å². The first kappa shape index (κ1) is 13.1. The maximum absolute atomic E-state index is 5.32. The molecule has 5 aromatic rings. The number of nitrogens with one attached hydrogen (secondary N) is 1. The summed E-state index contributed by atoms with van der Waals surface area (Å²) in [5.74, 6) is 5.32. The summed E-state index contributed by atoms with van der Waals surface area (Å²) in [6, 6.07) is 23.5. The van der Waals surface area contributed by atoms with Gasteiger partial charge in [0.25, 0.3) is 0 Å². The molecule has 1 aromatic heterocycles. The summed E-state index contributed by atoms with van der Waals surface area (Å²) in [6.07, 6.45) is 1.68. The molecule has 3 nitrogen and oxygen atoms in total. The Morgan fingerprint density at radius 3 is 2.46 bits per heavy atom. The van der Waals surface area contributed by atoms with Gasteiger partial charge in [-0.3, -0.25) is 0 Å². The van der Waals surface area contributed by atoms with Crippen LogP contribution in [0.15, 0.2) is 71.8 Å². The number of benzene rings is 4. The van der Waals surface area contributed by atoms with Crippen LogP contribution in [-0.4, -0.2) is 11.2 Å². The number of H-pyrrole nitrogens is 1. The van der Waals surface area contributed by atoms with Gasteiger partial charge in [-0.25, -0.2) is 0 Å². The molecule has 5 rings (SSSR count). The van der Waals surface area contributed by atoms with E-state index >= 15 is 0 Å². The molecule has 0 aliphatic rings. The number of nitrogens with zero attached hydrogens (tertiary/aromatic N) is 1. The van der Waals surface area contributed by atoms with E-state index in [1.807, 2.05) is 6.07 Å². The van der Waals surface area contributed by atoms with Gasteiger partial charge in [-0.2, -0.15) is 5.10 Å². The monoisotopic (exact) mass is 309 g/mol. The first-order chi connectivity index (χ1) is 11.8. The summed E-state index contributed by atoms with van der Waals surface area (Å²) in [6.45, 7) is 0. The van der Waals surface area contributed by atoms with Crippen LogP contribution in [0.1, 0.15) is 5.56 Å². The predicted octanol–water partition coefficient (Wildman–Crippen LogP) is 4.92. The van der Waals surface area contributed by atoms with Crippen molar-refractivity contribution in [2.24, 2.45) is 10.9 Å². The van der Waals surface area contributed by atoms with Crippen molar-refractivity contribution in [2.45, 2.75) is 0 Å². The lowest BCUT2D eigenvalue weighted by Gasteiger charge is -2.06. The van der Waals surface area contributed by atoms with E-state index in [1.165, 1.54) is 32.3 Å². The summed E-state index contributed by atoms with van der Waals surface area (Å²) >= 11 is 0. The molecule has 0 unspecified atom stereocenters. The van der Waals surface area contributed by atoms with E-state index in [2.05, 4.69) is 70.7 Å². The minimum Gasteiger partial charge on any atom is -0.354 e. The van der Waals surface area contributed by atoms with E-state index < -0.39 is 0 Å². The van der Waals surface area contributed by atoms with Crippen LogP contribution in [0.2, 0.25) is 0 Å². The molecule has 0 fully saturated rings. The summed E-state index contributed by atoms with van der Waals surface area (Å²) in [7, 11) is 0. The minimum absolute atomic E-state index is 1.00. The van der Waals surface area contributed by atoms with Gasteiger partial charge < -0.3 is 10.8 Å². The number of hydrazone groups is 1. The van der Waals surface area contributed by atoms with Gasteiger partial charge in [0.2, 0.25) is 0 Å². The Morgan fingerprint density at radius 2 is 1.54 bits per heavy atom. The van der Waals surface area contributed by atoms with Gasteiger partial charge in [-0.15, -0.1) is 0 Å². The highest BCUT2D eigenvalue weighted by Gasteiger charge is 2.11. The molecule has 0 saturated carbocycles. The normalized spacial score (nSPS) is 12.2. The fourth-order valence-electron chi connectivity index (χ4n) is 3.67. The van der Waals surface area contributed by atoms with Crippen LogP contribution in [0.25, 0.3) is 43.4 Å². The molecular formula is C21H15N3. The molecule has 0 spiro atoms. The topological polar surface area (TPSA) is 54.2 Å². The quantitative estimate of drug-likeness (QED) is 0.196. The second kappa shape index (κ2) is 4.83. The van der Waals surface area contributed by atoms with Crippen molar-refractivity contribution < 1.29 is 0 Å². The molecule has 0 bridgehead atoms. The second-order valence-corrected chi connectivity index (χ2v) is 6.08. The molecule has 1 heterocycles. The van der Waals surface area contributed by atoms with Gasteiger partial charge in [0.05, 0.1) is 6.21 Å². The molecule has 0 amide bonds. The molecule has 0 aliphatic heterocycles. The molecule has 0 aliphatic carbocycles. The van der Waals surface area contributed by atoms with Crippen molar-refractivity contribution in [3.05, 3.63) is 72.3 Å². The highest BCUT2D eigenvalue weighted by Crippen LogP contribution is 2.36. The minimum atomic E-state index is 1.00. The first-order valence-corrected chi connectivity index (χ1v) is 7.94. The highest BCUT2D eigenvalue weighted by atomic mass is 15.1. The van der Waals surface area contributed by atoms with Crippen molar-refractivity contribution in [1.82, 2.24) is 4.98 Å². The van der Waals surface area contributed by atoms with Gasteiger partial charge in [0.1, 0.15) is 0 Å². The van der Waals surface area contributed by atoms with Gasteiger partial charge in [0, 0.05) is 21.8 Å². The molecule has 3 heteroatoms. The lowest BCUT2D eigenvalue weighted by Crippen LogP contribution is -1.85. The Kier molecular flexibility index (Phi) is 2.65. The molecule has 4 aromatic carbocycles. The average molecular weight is 309 g/mol. The zero-order valence-corrected chi connectivity index (χ0v) is 13.0. The van der Waals surface area contributed by atoms with E-state index in [1.54, 1.807) is 6.21 Å². The van der Waals surface area contributed by atoms with Crippen molar-refractivity contribution in [3.63, 3.8) is 0 Å². The van der Waals surface area contributed by atoms with Crippen molar-refractivity contribution >= 4 is 49.6 Å². The third-order valence-corrected chi connectivity index (χ3v) is 4.72. The number of rotatable bonds is 1. The Morgan fingerprint density at radius 1 is 0.750 bits per heavy atom. The van der Waals surface area contributed by atoms with Crippen LogP contribution in [0.4, 0.5) is 0 Å². The van der Waals surface area contributed by atoms with E-state index in [0.717, 1.165) is 16.6 Å². The summed E-state index contributed by atoms with van der Waals surface area (Å²) < 4.78 is 0. The molecular weight excluding hydrogens is 294 g/mol. The number of aromatic nitrogens is 1. The number of hydrogen-bond acceptors (Lipinski definition) is 2. The largest absolute Gasteiger partial charge is 0.354 e. The second-order valence-electron chi connectivity index (χ2n) is 6.08. The van der Waals surface area contributed by atoms with Crippen molar-refractivity contribution in [2.75, 3.05) is 0 Å². The van der Waals surface area contributed by atoms with Crippen LogP contribution in [-0.2, 0) is 0 Å². The predicted molar refractivity (Wildman–Crippen MR) is 103 cm³/mol. The van der Waals surface area contributed by atoms with Crippen LogP contribution < -0.4 is 5.84 Å². The number of nitrogens with two attached hydrogens (primary N) is 1. The van der Waals surface area contributed by atoms with Gasteiger partial charge in [-0.1, -0.05) is 48.5 Å². The molecule has 3 N–H and O–H groups in total. The van der Waals surface area contributed by atoms with E-state index in [4.69, 9.17) is 5.84 Å². The zero-order valence-electron chi connectivity index (χ0n) is 13.0. The fourth-order valence-corrected chi connectivity index (χ4v) is 3.67. The Hall–Kier alpha value is -3.33. The van der Waals surface area contributed by atoms with Crippen LogP contribution in [0.5, 0.6) is 0 Å². The third kappa shape index (κ3) is 1.75. The fraction of sp³-hybridized carbons (Fsp3) is 0. The molecule has 24 heavy (non-hydrogen) atoms. The smallest absolute Gasteiger partial charge is 0.0538 e.